The van der Waals surface area contributed by atoms with Gasteiger partial charge >= 0.3 is 11.9 Å². The maximum absolute atomic E-state index is 14.2. The number of rotatable bonds is 29. The molecule has 0 saturated carbocycles. The minimum Gasteiger partial charge on any atom is -0.481 e. The molecule has 23 heteroatoms. The molecule has 1 heterocycles. The fourth-order valence-electron chi connectivity index (χ4n) is 6.49. The van der Waals surface area contributed by atoms with Crippen molar-refractivity contribution < 1.29 is 53.4 Å². The predicted molar refractivity (Wildman–Crippen MR) is 234 cm³/mol. The fourth-order valence-corrected chi connectivity index (χ4v) is 6.49. The lowest BCUT2D eigenvalue weighted by Gasteiger charge is -2.27. The fraction of sp³-hybridized carbons (Fsp3) is 0.561. The van der Waals surface area contributed by atoms with Gasteiger partial charge in [0.1, 0.15) is 30.2 Å². The molecule has 0 bridgehead atoms. The molecule has 0 aliphatic heterocycles. The number of primary amides is 1. The third kappa shape index (κ3) is 19.5. The average molecular weight is 901 g/mol. The van der Waals surface area contributed by atoms with Gasteiger partial charge in [-0.25, -0.2) is 4.79 Å². The molecular weight excluding hydrogens is 837 g/mol. The van der Waals surface area contributed by atoms with Gasteiger partial charge in [-0.2, -0.15) is 0 Å². The molecule has 6 atom stereocenters. The Hall–Kier alpha value is -6.78. The third-order valence-corrected chi connectivity index (χ3v) is 9.73. The Bertz CT molecular complexity index is 1980. The summed E-state index contributed by atoms with van der Waals surface area (Å²) in [5.74, 6) is -8.65. The van der Waals surface area contributed by atoms with Crippen molar-refractivity contribution in [2.75, 3.05) is 13.1 Å². The molecule has 64 heavy (non-hydrogen) atoms. The van der Waals surface area contributed by atoms with Crippen molar-refractivity contribution in [3.63, 3.8) is 0 Å². The van der Waals surface area contributed by atoms with E-state index in [0.29, 0.717) is 5.56 Å². The van der Waals surface area contributed by atoms with Gasteiger partial charge in [-0.1, -0.05) is 45.9 Å². The smallest absolute Gasteiger partial charge is 0.326 e. The van der Waals surface area contributed by atoms with Crippen LogP contribution in [0.25, 0.3) is 10.9 Å². The SMILES string of the molecule is CC(C)C[C@H](NC(=O)[C@H](CC(C)C)NC(=O)[C@H](CCCN=C(N)N)NC(=O)[C@H](Cc1c[nH]c2ccccc12)NC(=O)CNC(=O)[C@H](CCC(N)=O)NC(=O)[C@@H](N)CCC(=O)O)C(=O)O. The third-order valence-electron chi connectivity index (χ3n) is 9.73. The van der Waals surface area contributed by atoms with E-state index >= 15 is 0 Å². The van der Waals surface area contributed by atoms with E-state index in [0.717, 1.165) is 10.9 Å². The molecule has 17 N–H and O–H groups in total. The van der Waals surface area contributed by atoms with Gasteiger partial charge < -0.3 is 70.0 Å². The zero-order valence-electron chi connectivity index (χ0n) is 36.6. The van der Waals surface area contributed by atoms with E-state index in [4.69, 9.17) is 28.0 Å². The van der Waals surface area contributed by atoms with Crippen LogP contribution >= 0.6 is 0 Å². The van der Waals surface area contributed by atoms with Crippen molar-refractivity contribution in [3.05, 3.63) is 36.0 Å². The number of aromatic amines is 1. The van der Waals surface area contributed by atoms with E-state index in [1.54, 1.807) is 44.3 Å². The number of hydrogen-bond donors (Lipinski definition) is 13. The molecule has 0 spiro atoms. The topological polar surface area (TPSA) is 398 Å². The molecule has 0 aliphatic carbocycles. The highest BCUT2D eigenvalue weighted by molar-refractivity contribution is 5.97. The molecule has 1 aromatic carbocycles. The molecule has 0 aliphatic rings. The van der Waals surface area contributed by atoms with Crippen LogP contribution in [0.15, 0.2) is 35.5 Å². The second-order valence-corrected chi connectivity index (χ2v) is 16.2. The van der Waals surface area contributed by atoms with Crippen molar-refractivity contribution >= 4 is 70.2 Å². The van der Waals surface area contributed by atoms with E-state index in [-0.39, 0.29) is 75.7 Å². The molecule has 23 nitrogen and oxygen atoms in total. The number of aliphatic carboxylic acids is 2. The summed E-state index contributed by atoms with van der Waals surface area (Å²) < 4.78 is 0. The van der Waals surface area contributed by atoms with Crippen LogP contribution in [0.2, 0.25) is 0 Å². The van der Waals surface area contributed by atoms with Crippen LogP contribution in [0.5, 0.6) is 0 Å². The Morgan fingerprint density at radius 3 is 1.84 bits per heavy atom. The number of hydrogen-bond acceptors (Lipinski definition) is 11. The number of H-pyrrole nitrogens is 1. The van der Waals surface area contributed by atoms with Crippen LogP contribution in [0.1, 0.15) is 84.6 Å². The highest BCUT2D eigenvalue weighted by Gasteiger charge is 2.33. The Balaban J connectivity index is 2.40. The molecule has 354 valence electrons. The summed E-state index contributed by atoms with van der Waals surface area (Å²) in [5.41, 5.74) is 23.3. The lowest BCUT2D eigenvalue weighted by molar-refractivity contribution is -0.143. The van der Waals surface area contributed by atoms with E-state index in [9.17, 15) is 48.3 Å². The number of para-hydroxylation sites is 1. The maximum Gasteiger partial charge on any atom is 0.326 e. The Morgan fingerprint density at radius 2 is 1.23 bits per heavy atom. The van der Waals surface area contributed by atoms with Crippen molar-refractivity contribution in [2.24, 2.45) is 39.8 Å². The van der Waals surface area contributed by atoms with Gasteiger partial charge in [-0.05, 0) is 62.0 Å². The van der Waals surface area contributed by atoms with E-state index in [2.05, 4.69) is 41.9 Å². The number of benzene rings is 1. The number of carboxylic acids is 2. The zero-order chi connectivity index (χ0) is 48.1. The number of aliphatic imine (C=N–C) groups is 1. The van der Waals surface area contributed by atoms with Gasteiger partial charge in [0.15, 0.2) is 5.96 Å². The number of carboxylic acid groups (broad SMARTS) is 2. The van der Waals surface area contributed by atoms with Crippen LogP contribution in [0, 0.1) is 11.8 Å². The summed E-state index contributed by atoms with van der Waals surface area (Å²) in [4.78, 5) is 123. The number of aromatic nitrogens is 1. The van der Waals surface area contributed by atoms with Gasteiger partial charge in [0, 0.05) is 42.9 Å². The number of nitrogens with two attached hydrogens (primary N) is 4. The molecule has 2 aromatic rings. The largest absolute Gasteiger partial charge is 0.481 e. The van der Waals surface area contributed by atoms with Gasteiger partial charge in [-0.15, -0.1) is 0 Å². The van der Waals surface area contributed by atoms with Gasteiger partial charge in [0.05, 0.1) is 12.6 Å². The summed E-state index contributed by atoms with van der Waals surface area (Å²) in [7, 11) is 0. The van der Waals surface area contributed by atoms with Crippen LogP contribution in [0.3, 0.4) is 0 Å². The highest BCUT2D eigenvalue weighted by atomic mass is 16.4. The standard InChI is InChI=1S/C41H64N12O11/c1-21(2)16-29(38(61)53-31(40(63)64)17-22(3)4)52-37(60)27(10-7-15-46-41(44)45)51-39(62)30(18-23-19-47-26-9-6-5-8-24(23)26)49-33(55)20-48-36(59)28(12-13-32(43)54)50-35(58)25(42)11-14-34(56)57/h5-6,8-9,19,21-22,25,27-31,47H,7,10-18,20,42H2,1-4H3,(H2,43,54)(H,48,59)(H,49,55)(H,50,58)(H,51,62)(H,52,60)(H,53,61)(H,56,57)(H,63,64)(H4,44,45,46)/t25-,27-,28-,29-,30-,31-/m0/s1. The second kappa shape index (κ2) is 26.6. The number of amides is 7. The molecule has 0 fully saturated rings. The zero-order valence-corrected chi connectivity index (χ0v) is 36.6. The van der Waals surface area contributed by atoms with Gasteiger partial charge in [0.2, 0.25) is 41.4 Å². The number of guanidine groups is 1. The number of nitrogens with one attached hydrogen (secondary N) is 7. The minimum absolute atomic E-state index is 0.0440. The first-order valence-corrected chi connectivity index (χ1v) is 20.9. The number of carbonyl (C=O) groups excluding carboxylic acids is 7. The summed E-state index contributed by atoms with van der Waals surface area (Å²) in [6.07, 6.45) is 0.626. The quantitative estimate of drug-likeness (QED) is 0.0237. The summed E-state index contributed by atoms with van der Waals surface area (Å²) in [6, 6.07) is -0.658. The summed E-state index contributed by atoms with van der Waals surface area (Å²) in [5, 5.41) is 34.5. The maximum atomic E-state index is 14.2. The highest BCUT2D eigenvalue weighted by Crippen LogP contribution is 2.20. The summed E-state index contributed by atoms with van der Waals surface area (Å²) in [6.45, 7) is 6.55. The molecule has 0 saturated heterocycles. The molecular formula is C41H64N12O11. The van der Waals surface area contributed by atoms with Gasteiger partial charge in [0.25, 0.3) is 0 Å². The lowest BCUT2D eigenvalue weighted by atomic mass is 9.99. The predicted octanol–water partition coefficient (Wildman–Crippen LogP) is -2.06. The normalized spacial score (nSPS) is 13.9. The van der Waals surface area contributed by atoms with E-state index < -0.39 is 103 Å². The van der Waals surface area contributed by atoms with Crippen LogP contribution < -0.4 is 54.8 Å². The van der Waals surface area contributed by atoms with Crippen molar-refractivity contribution in [1.82, 2.24) is 36.9 Å². The van der Waals surface area contributed by atoms with Crippen molar-refractivity contribution in [1.29, 1.82) is 0 Å². The van der Waals surface area contributed by atoms with Crippen LogP contribution in [-0.4, -0.2) is 124 Å². The monoisotopic (exact) mass is 900 g/mol. The first-order valence-electron chi connectivity index (χ1n) is 20.9. The molecule has 1 aromatic heterocycles. The minimum atomic E-state index is -1.40. The first kappa shape index (κ1) is 53.4. The Labute approximate surface area is 370 Å². The first-order chi connectivity index (χ1) is 30.1. The Kier molecular flexibility index (Phi) is 22.2. The number of nitrogens with zero attached hydrogens (tertiary/aromatic N) is 1. The van der Waals surface area contributed by atoms with Crippen molar-refractivity contribution in [2.45, 2.75) is 122 Å². The molecule has 2 rings (SSSR count). The number of carbonyl (C=O) groups is 9. The average Bonchev–Trinajstić information content (AvgIpc) is 3.62. The van der Waals surface area contributed by atoms with Crippen LogP contribution in [-0.2, 0) is 49.6 Å². The molecule has 0 radical (unpaired) electrons. The number of fused-ring (bicyclic) bond motifs is 1. The van der Waals surface area contributed by atoms with Crippen molar-refractivity contribution in [3.8, 4) is 0 Å². The summed E-state index contributed by atoms with van der Waals surface area (Å²) >= 11 is 0. The molecule has 7 amide bonds. The second-order valence-electron chi connectivity index (χ2n) is 16.2. The van der Waals surface area contributed by atoms with E-state index in [1.807, 2.05) is 13.8 Å². The van der Waals surface area contributed by atoms with E-state index in [1.165, 1.54) is 0 Å². The molecule has 0 unspecified atom stereocenters. The Morgan fingerprint density at radius 1 is 0.672 bits per heavy atom. The van der Waals surface area contributed by atoms with Crippen LogP contribution in [0.4, 0.5) is 0 Å². The van der Waals surface area contributed by atoms with Gasteiger partial charge in [-0.3, -0.25) is 43.3 Å². The lowest BCUT2D eigenvalue weighted by Crippen LogP contribution is -2.58.